The fraction of sp³-hybridized carbons (Fsp3) is 0.120. The van der Waals surface area contributed by atoms with Crippen LogP contribution in [0.4, 0.5) is 5.69 Å². The number of nitrogens with zero attached hydrogens (tertiary/aromatic N) is 3. The van der Waals surface area contributed by atoms with Crippen molar-refractivity contribution in [2.75, 3.05) is 5.32 Å². The number of anilines is 1. The maximum Gasteiger partial charge on any atom is 0.263 e. The second-order valence-corrected chi connectivity index (χ2v) is 7.54. The van der Waals surface area contributed by atoms with Crippen LogP contribution >= 0.6 is 0 Å². The average Bonchev–Trinajstić information content (AvgIpc) is 3.17. The van der Waals surface area contributed by atoms with Gasteiger partial charge in [0.1, 0.15) is 0 Å². The number of hydrogen-bond acceptors (Lipinski definition) is 3. The van der Waals surface area contributed by atoms with E-state index in [-0.39, 0.29) is 11.6 Å². The summed E-state index contributed by atoms with van der Waals surface area (Å²) in [6.07, 6.45) is 3.74. The van der Waals surface area contributed by atoms with Crippen molar-refractivity contribution in [2.45, 2.75) is 19.9 Å². The Morgan fingerprint density at radius 3 is 2.60 bits per heavy atom. The second kappa shape index (κ2) is 7.19. The van der Waals surface area contributed by atoms with Crippen LogP contribution in [0.25, 0.3) is 22.0 Å². The lowest BCUT2D eigenvalue weighted by atomic mass is 10.0. The van der Waals surface area contributed by atoms with E-state index in [1.54, 1.807) is 0 Å². The molecule has 1 N–H and O–H groups in total. The molecule has 2 aromatic carbocycles. The molecule has 5 aromatic rings. The number of fused-ring (bicyclic) bond motifs is 2. The van der Waals surface area contributed by atoms with Crippen molar-refractivity contribution in [1.82, 2.24) is 14.2 Å². The third kappa shape index (κ3) is 2.95. The Hall–Kier alpha value is -3.86. The van der Waals surface area contributed by atoms with Gasteiger partial charge in [0.25, 0.3) is 5.56 Å². The number of aryl methyl sites for hydroxylation is 1. The van der Waals surface area contributed by atoms with Crippen LogP contribution in [0.5, 0.6) is 0 Å². The van der Waals surface area contributed by atoms with Crippen molar-refractivity contribution in [2.24, 2.45) is 0 Å². The number of pyridine rings is 2. The normalized spacial score (nSPS) is 12.3. The molecular formula is C25H22N4O. The van der Waals surface area contributed by atoms with E-state index in [1.807, 2.05) is 95.1 Å². The predicted molar refractivity (Wildman–Crippen MR) is 122 cm³/mol. The van der Waals surface area contributed by atoms with Crippen LogP contribution < -0.4 is 10.9 Å². The molecule has 0 saturated heterocycles. The molecule has 5 rings (SSSR count). The SMILES string of the molecule is Cc1cccc2cc([C@H](C)Nc3cnn4ccccc34)n(-c3ccccc3)c(=O)c12. The minimum Gasteiger partial charge on any atom is -0.374 e. The minimum atomic E-state index is -0.115. The Balaban J connectivity index is 1.70. The molecule has 148 valence electrons. The Labute approximate surface area is 174 Å². The van der Waals surface area contributed by atoms with Gasteiger partial charge in [0, 0.05) is 17.6 Å². The topological polar surface area (TPSA) is 51.3 Å². The van der Waals surface area contributed by atoms with E-state index in [9.17, 15) is 4.79 Å². The highest BCUT2D eigenvalue weighted by molar-refractivity contribution is 5.85. The van der Waals surface area contributed by atoms with Gasteiger partial charge in [-0.3, -0.25) is 9.36 Å². The highest BCUT2D eigenvalue weighted by Gasteiger charge is 2.18. The van der Waals surface area contributed by atoms with Gasteiger partial charge in [0.05, 0.1) is 28.8 Å². The number of benzene rings is 2. The van der Waals surface area contributed by atoms with Crippen molar-refractivity contribution in [3.63, 3.8) is 0 Å². The van der Waals surface area contributed by atoms with Crippen LogP contribution in [0.3, 0.4) is 0 Å². The Bertz CT molecular complexity index is 1420. The molecule has 0 fully saturated rings. The van der Waals surface area contributed by atoms with Gasteiger partial charge in [-0.2, -0.15) is 5.10 Å². The Morgan fingerprint density at radius 2 is 1.77 bits per heavy atom. The maximum absolute atomic E-state index is 13.6. The van der Waals surface area contributed by atoms with E-state index in [1.165, 1.54) is 0 Å². The van der Waals surface area contributed by atoms with Gasteiger partial charge in [0.15, 0.2) is 0 Å². The Morgan fingerprint density at radius 1 is 0.967 bits per heavy atom. The fourth-order valence-corrected chi connectivity index (χ4v) is 4.07. The van der Waals surface area contributed by atoms with E-state index in [0.29, 0.717) is 0 Å². The van der Waals surface area contributed by atoms with Gasteiger partial charge in [-0.1, -0.05) is 42.5 Å². The summed E-state index contributed by atoms with van der Waals surface area (Å²) in [6, 6.07) is 23.8. The molecule has 0 aliphatic heterocycles. The van der Waals surface area contributed by atoms with Gasteiger partial charge in [-0.15, -0.1) is 0 Å². The molecule has 5 heteroatoms. The van der Waals surface area contributed by atoms with Crippen LogP contribution in [0, 0.1) is 6.92 Å². The number of aromatic nitrogens is 3. The zero-order valence-corrected chi connectivity index (χ0v) is 16.9. The van der Waals surface area contributed by atoms with Gasteiger partial charge < -0.3 is 5.32 Å². The molecule has 0 aliphatic carbocycles. The molecule has 0 bridgehead atoms. The number of para-hydroxylation sites is 1. The maximum atomic E-state index is 13.6. The standard InChI is InChI=1S/C25H22N4O/c1-17-9-8-10-19-15-23(29(25(30)24(17)19)20-11-4-3-5-12-20)18(2)27-21-16-26-28-14-7-6-13-22(21)28/h3-16,18,27H,1-2H3/t18-/m0/s1. The summed E-state index contributed by atoms with van der Waals surface area (Å²) in [5, 5.41) is 9.68. The number of nitrogens with one attached hydrogen (secondary N) is 1. The van der Waals surface area contributed by atoms with Crippen molar-refractivity contribution < 1.29 is 0 Å². The molecule has 0 aliphatic rings. The summed E-state index contributed by atoms with van der Waals surface area (Å²) in [5.41, 5.74) is 4.67. The lowest BCUT2D eigenvalue weighted by Gasteiger charge is -2.21. The van der Waals surface area contributed by atoms with Gasteiger partial charge in [0.2, 0.25) is 0 Å². The first-order chi connectivity index (χ1) is 14.6. The molecule has 3 heterocycles. The minimum absolute atomic E-state index is 0.000291. The van der Waals surface area contributed by atoms with Crippen molar-refractivity contribution in [3.8, 4) is 5.69 Å². The molecule has 0 radical (unpaired) electrons. The van der Waals surface area contributed by atoms with E-state index in [2.05, 4.69) is 23.4 Å². The van der Waals surface area contributed by atoms with Crippen molar-refractivity contribution >= 4 is 22.0 Å². The van der Waals surface area contributed by atoms with Crippen LogP contribution in [-0.2, 0) is 0 Å². The number of hydrogen-bond donors (Lipinski definition) is 1. The summed E-state index contributed by atoms with van der Waals surface area (Å²) >= 11 is 0. The largest absolute Gasteiger partial charge is 0.374 e. The lowest BCUT2D eigenvalue weighted by Crippen LogP contribution is -2.25. The second-order valence-electron chi connectivity index (χ2n) is 7.54. The average molecular weight is 394 g/mol. The third-order valence-electron chi connectivity index (χ3n) is 5.54. The first-order valence-electron chi connectivity index (χ1n) is 10.0. The molecule has 0 spiro atoms. The van der Waals surface area contributed by atoms with Crippen LogP contribution in [-0.4, -0.2) is 14.2 Å². The highest BCUT2D eigenvalue weighted by atomic mass is 16.1. The summed E-state index contributed by atoms with van der Waals surface area (Å²) in [4.78, 5) is 13.6. The summed E-state index contributed by atoms with van der Waals surface area (Å²) in [6.45, 7) is 4.06. The van der Waals surface area contributed by atoms with Crippen molar-refractivity contribution in [1.29, 1.82) is 0 Å². The number of rotatable bonds is 4. The fourth-order valence-electron chi connectivity index (χ4n) is 4.07. The molecule has 30 heavy (non-hydrogen) atoms. The highest BCUT2D eigenvalue weighted by Crippen LogP contribution is 2.27. The summed E-state index contributed by atoms with van der Waals surface area (Å²) in [7, 11) is 0. The van der Waals surface area contributed by atoms with Gasteiger partial charge in [-0.05, 0) is 55.1 Å². The van der Waals surface area contributed by atoms with Crippen LogP contribution in [0.2, 0.25) is 0 Å². The molecular weight excluding hydrogens is 372 g/mol. The monoisotopic (exact) mass is 394 g/mol. The summed E-state index contributed by atoms with van der Waals surface area (Å²) < 4.78 is 3.65. The zero-order valence-electron chi connectivity index (χ0n) is 16.9. The first kappa shape index (κ1) is 18.2. The van der Waals surface area contributed by atoms with Crippen molar-refractivity contribution in [3.05, 3.63) is 107 Å². The van der Waals surface area contributed by atoms with E-state index < -0.39 is 0 Å². The van der Waals surface area contributed by atoms with Crippen LogP contribution in [0.15, 0.2) is 90.0 Å². The molecule has 1 atom stereocenters. The molecule has 3 aromatic heterocycles. The lowest BCUT2D eigenvalue weighted by molar-refractivity contribution is 0.778. The zero-order chi connectivity index (χ0) is 20.7. The predicted octanol–water partition coefficient (Wildman–Crippen LogP) is 5.12. The van der Waals surface area contributed by atoms with Crippen LogP contribution in [0.1, 0.15) is 24.2 Å². The van der Waals surface area contributed by atoms with E-state index in [4.69, 9.17) is 0 Å². The smallest absolute Gasteiger partial charge is 0.263 e. The molecule has 0 saturated carbocycles. The Kier molecular flexibility index (Phi) is 4.36. The molecule has 5 nitrogen and oxygen atoms in total. The van der Waals surface area contributed by atoms with Gasteiger partial charge >= 0.3 is 0 Å². The van der Waals surface area contributed by atoms with E-state index >= 15 is 0 Å². The van der Waals surface area contributed by atoms with E-state index in [0.717, 1.165) is 38.9 Å². The van der Waals surface area contributed by atoms with Gasteiger partial charge in [-0.25, -0.2) is 4.52 Å². The molecule has 0 unspecified atom stereocenters. The quantitative estimate of drug-likeness (QED) is 0.460. The third-order valence-corrected chi connectivity index (χ3v) is 5.54. The summed E-state index contributed by atoms with van der Waals surface area (Å²) in [5.74, 6) is 0. The molecule has 0 amide bonds. The first-order valence-corrected chi connectivity index (χ1v) is 10.0.